The van der Waals surface area contributed by atoms with Gasteiger partial charge in [0, 0.05) is 12.4 Å². The Labute approximate surface area is 204 Å². The van der Waals surface area contributed by atoms with E-state index in [-0.39, 0.29) is 5.91 Å². The summed E-state index contributed by atoms with van der Waals surface area (Å²) in [5.41, 5.74) is 2.84. The van der Waals surface area contributed by atoms with Gasteiger partial charge in [-0.1, -0.05) is 54.3 Å². The molecule has 0 N–H and O–H groups in total. The summed E-state index contributed by atoms with van der Waals surface area (Å²) in [6.45, 7) is 0.840. The van der Waals surface area contributed by atoms with Crippen LogP contribution in [0.25, 0.3) is 6.08 Å². The van der Waals surface area contributed by atoms with Crippen molar-refractivity contribution in [1.29, 1.82) is 0 Å². The van der Waals surface area contributed by atoms with Crippen LogP contribution in [0.4, 0.5) is 0 Å². The van der Waals surface area contributed by atoms with Crippen LogP contribution in [0.1, 0.15) is 16.7 Å². The third kappa shape index (κ3) is 5.20. The van der Waals surface area contributed by atoms with Gasteiger partial charge in [0.25, 0.3) is 5.91 Å². The third-order valence-corrected chi connectivity index (χ3v) is 6.71. The van der Waals surface area contributed by atoms with E-state index in [1.165, 1.54) is 11.8 Å². The van der Waals surface area contributed by atoms with Gasteiger partial charge in [-0.3, -0.25) is 14.7 Å². The number of methoxy groups -OCH3 is 1. The molecule has 0 unspecified atom stereocenters. The van der Waals surface area contributed by atoms with Crippen LogP contribution in [-0.4, -0.2) is 27.2 Å². The van der Waals surface area contributed by atoms with Crippen LogP contribution in [0.2, 0.25) is 0 Å². The van der Waals surface area contributed by atoms with Crippen LogP contribution in [0, 0.1) is 0 Å². The van der Waals surface area contributed by atoms with Gasteiger partial charge in [0.1, 0.15) is 10.9 Å². The van der Waals surface area contributed by atoms with E-state index < -0.39 is 0 Å². The maximum absolute atomic E-state index is 13.0. The molecule has 1 aromatic heterocycles. The Bertz CT molecular complexity index is 1170. The van der Waals surface area contributed by atoms with Gasteiger partial charge in [-0.25, -0.2) is 0 Å². The lowest BCUT2D eigenvalue weighted by Gasteiger charge is -2.14. The van der Waals surface area contributed by atoms with Crippen LogP contribution >= 0.6 is 39.9 Å². The molecule has 0 radical (unpaired) electrons. The molecule has 8 heteroatoms. The van der Waals surface area contributed by atoms with E-state index in [4.69, 9.17) is 21.7 Å². The predicted molar refractivity (Wildman–Crippen MR) is 134 cm³/mol. The fourth-order valence-corrected chi connectivity index (χ4v) is 4.98. The van der Waals surface area contributed by atoms with Gasteiger partial charge in [0.2, 0.25) is 0 Å². The summed E-state index contributed by atoms with van der Waals surface area (Å²) in [5.74, 6) is 1.06. The number of pyridine rings is 1. The zero-order valence-corrected chi connectivity index (χ0v) is 20.4. The minimum absolute atomic E-state index is 0.100. The Morgan fingerprint density at radius 2 is 1.88 bits per heavy atom. The number of amides is 1. The molecule has 5 nitrogen and oxygen atoms in total. The van der Waals surface area contributed by atoms with E-state index in [1.54, 1.807) is 24.4 Å². The lowest BCUT2D eigenvalue weighted by atomic mass is 10.1. The molecule has 1 aliphatic rings. The number of nitrogens with zero attached hydrogens (tertiary/aromatic N) is 2. The molecule has 2 aromatic carbocycles. The number of carbonyl (C=O) groups excluding carboxylic acids is 1. The first-order valence-electron chi connectivity index (χ1n) is 9.73. The molecule has 1 fully saturated rings. The molecule has 2 heterocycles. The Balaban J connectivity index is 1.54. The van der Waals surface area contributed by atoms with Gasteiger partial charge >= 0.3 is 0 Å². The minimum atomic E-state index is -0.100. The first kappa shape index (κ1) is 22.5. The molecule has 0 bridgehead atoms. The van der Waals surface area contributed by atoms with Crippen molar-refractivity contribution < 1.29 is 14.3 Å². The molecule has 4 rings (SSSR count). The molecule has 3 aromatic rings. The molecule has 32 heavy (non-hydrogen) atoms. The molecule has 0 aliphatic carbocycles. The zero-order valence-electron chi connectivity index (χ0n) is 17.2. The van der Waals surface area contributed by atoms with Crippen LogP contribution in [0.15, 0.2) is 76.4 Å². The van der Waals surface area contributed by atoms with E-state index in [0.29, 0.717) is 33.9 Å². The molecule has 0 atom stereocenters. The first-order chi connectivity index (χ1) is 15.5. The molecule has 0 spiro atoms. The van der Waals surface area contributed by atoms with Crippen molar-refractivity contribution in [2.24, 2.45) is 0 Å². The van der Waals surface area contributed by atoms with Gasteiger partial charge in [-0.2, -0.15) is 0 Å². The quantitative estimate of drug-likeness (QED) is 0.285. The van der Waals surface area contributed by atoms with Crippen LogP contribution in [-0.2, 0) is 17.9 Å². The zero-order chi connectivity index (χ0) is 22.5. The summed E-state index contributed by atoms with van der Waals surface area (Å²) in [6, 6.07) is 17.3. The van der Waals surface area contributed by atoms with Gasteiger partial charge < -0.3 is 9.47 Å². The average molecular weight is 527 g/mol. The number of hydrogen-bond acceptors (Lipinski definition) is 6. The summed E-state index contributed by atoms with van der Waals surface area (Å²) in [6.07, 6.45) is 5.27. The summed E-state index contributed by atoms with van der Waals surface area (Å²) >= 11 is 10.3. The highest BCUT2D eigenvalue weighted by molar-refractivity contribution is 9.10. The molecular weight excluding hydrogens is 508 g/mol. The summed E-state index contributed by atoms with van der Waals surface area (Å²) < 4.78 is 12.8. The Hall–Kier alpha value is -2.68. The number of carbonyl (C=O) groups is 1. The summed E-state index contributed by atoms with van der Waals surface area (Å²) in [5, 5.41) is 0. The number of hydrogen-bond donors (Lipinski definition) is 0. The highest BCUT2D eigenvalue weighted by Crippen LogP contribution is 2.39. The number of thioether (sulfide) groups is 1. The lowest BCUT2D eigenvalue weighted by molar-refractivity contribution is -0.122. The summed E-state index contributed by atoms with van der Waals surface area (Å²) in [7, 11) is 1.59. The van der Waals surface area contributed by atoms with E-state index in [9.17, 15) is 4.79 Å². The van der Waals surface area contributed by atoms with E-state index >= 15 is 0 Å². The van der Waals surface area contributed by atoms with Crippen molar-refractivity contribution in [3.8, 4) is 11.5 Å². The smallest absolute Gasteiger partial charge is 0.266 e. The maximum Gasteiger partial charge on any atom is 0.266 e. The van der Waals surface area contributed by atoms with E-state index in [1.807, 2.05) is 60.7 Å². The lowest BCUT2D eigenvalue weighted by Crippen LogP contribution is -2.27. The average Bonchev–Trinajstić information content (AvgIpc) is 3.06. The number of rotatable bonds is 7. The van der Waals surface area contributed by atoms with Gasteiger partial charge in [0.15, 0.2) is 11.5 Å². The van der Waals surface area contributed by atoms with Gasteiger partial charge in [-0.05, 0) is 63.0 Å². The fourth-order valence-electron chi connectivity index (χ4n) is 3.15. The molecule has 1 aliphatic heterocycles. The Morgan fingerprint density at radius 3 is 2.59 bits per heavy atom. The summed E-state index contributed by atoms with van der Waals surface area (Å²) in [4.78, 5) is 19.2. The normalized spacial score (nSPS) is 14.8. The second-order valence-electron chi connectivity index (χ2n) is 6.93. The fraction of sp³-hybridized carbons (Fsp3) is 0.125. The van der Waals surface area contributed by atoms with Crippen molar-refractivity contribution >= 4 is 56.2 Å². The van der Waals surface area contributed by atoms with E-state index in [0.717, 1.165) is 21.2 Å². The second-order valence-corrected chi connectivity index (χ2v) is 9.46. The van der Waals surface area contributed by atoms with Crippen molar-refractivity contribution in [3.63, 3.8) is 0 Å². The molecule has 0 saturated carbocycles. The standard InChI is InChI=1S/C24H19BrN2O3S2/c1-29-20-12-18(11-19(25)22(20)30-15-17-7-9-26-10-8-17)13-21-23(28)27(24(31)32-21)14-16-5-3-2-4-6-16/h2-13H,14-15H2,1H3/b21-13+. The maximum atomic E-state index is 13.0. The number of aromatic nitrogens is 1. The molecule has 162 valence electrons. The Morgan fingerprint density at radius 1 is 1.12 bits per heavy atom. The number of thiocarbonyl (C=S) groups is 1. The van der Waals surface area contributed by atoms with Crippen LogP contribution in [0.5, 0.6) is 11.5 Å². The monoisotopic (exact) mass is 526 g/mol. The first-order valence-corrected chi connectivity index (χ1v) is 11.8. The Kier molecular flexibility index (Phi) is 7.24. The SMILES string of the molecule is COc1cc(/C=C2/SC(=S)N(Cc3ccccc3)C2=O)cc(Br)c1OCc1ccncc1. The van der Waals surface area contributed by atoms with E-state index in [2.05, 4.69) is 20.9 Å². The predicted octanol–water partition coefficient (Wildman–Crippen LogP) is 5.83. The van der Waals surface area contributed by atoms with Crippen LogP contribution in [0.3, 0.4) is 0 Å². The topological polar surface area (TPSA) is 51.7 Å². The van der Waals surface area contributed by atoms with Crippen molar-refractivity contribution in [1.82, 2.24) is 9.88 Å². The van der Waals surface area contributed by atoms with Crippen molar-refractivity contribution in [2.45, 2.75) is 13.2 Å². The molecular formula is C24H19BrN2O3S2. The second kappa shape index (κ2) is 10.3. The number of benzene rings is 2. The third-order valence-electron chi connectivity index (χ3n) is 4.74. The number of halogens is 1. The number of ether oxygens (including phenoxy) is 2. The molecule has 1 saturated heterocycles. The highest BCUT2D eigenvalue weighted by Gasteiger charge is 2.32. The molecule has 1 amide bonds. The highest BCUT2D eigenvalue weighted by atomic mass is 79.9. The van der Waals surface area contributed by atoms with Gasteiger partial charge in [-0.15, -0.1) is 0 Å². The van der Waals surface area contributed by atoms with Crippen LogP contribution < -0.4 is 9.47 Å². The van der Waals surface area contributed by atoms with Crippen molar-refractivity contribution in [3.05, 3.63) is 93.1 Å². The van der Waals surface area contributed by atoms with Crippen molar-refractivity contribution in [2.75, 3.05) is 7.11 Å². The minimum Gasteiger partial charge on any atom is -0.493 e. The largest absolute Gasteiger partial charge is 0.493 e. The van der Waals surface area contributed by atoms with Gasteiger partial charge in [0.05, 0.1) is 23.0 Å².